The molecule has 2 aromatic carbocycles. The minimum Gasteiger partial charge on any atom is -0.207 e. The van der Waals surface area contributed by atoms with Crippen LogP contribution in [0.25, 0.3) is 11.1 Å². The number of hydrogen-bond acceptors (Lipinski definition) is 0. The first-order valence-electron chi connectivity index (χ1n) is 4.49. The standard InChI is InChI=1S/C12H6Cl3F/c13-10-5-4-9(11(14)12(10)15)7-2-1-3-8(16)6-7/h1-6H. The molecule has 0 radical (unpaired) electrons. The van der Waals surface area contributed by atoms with Crippen LogP contribution < -0.4 is 0 Å². The smallest absolute Gasteiger partial charge is 0.123 e. The van der Waals surface area contributed by atoms with Gasteiger partial charge in [0.25, 0.3) is 0 Å². The largest absolute Gasteiger partial charge is 0.207 e. The van der Waals surface area contributed by atoms with E-state index in [0.29, 0.717) is 21.2 Å². The van der Waals surface area contributed by atoms with Crippen LogP contribution >= 0.6 is 34.8 Å². The third kappa shape index (κ3) is 2.17. The van der Waals surface area contributed by atoms with Crippen molar-refractivity contribution in [1.29, 1.82) is 0 Å². The van der Waals surface area contributed by atoms with Gasteiger partial charge in [-0.15, -0.1) is 0 Å². The van der Waals surface area contributed by atoms with E-state index in [9.17, 15) is 4.39 Å². The van der Waals surface area contributed by atoms with Crippen LogP contribution in [0.2, 0.25) is 15.1 Å². The molecule has 0 nitrogen and oxygen atoms in total. The zero-order valence-corrected chi connectivity index (χ0v) is 10.2. The highest BCUT2D eigenvalue weighted by Gasteiger charge is 2.10. The van der Waals surface area contributed by atoms with E-state index in [2.05, 4.69) is 0 Å². The van der Waals surface area contributed by atoms with E-state index >= 15 is 0 Å². The number of halogens is 4. The first-order chi connectivity index (χ1) is 7.59. The molecule has 4 heteroatoms. The normalized spacial score (nSPS) is 10.5. The van der Waals surface area contributed by atoms with Gasteiger partial charge in [0, 0.05) is 5.56 Å². The minimum atomic E-state index is -0.320. The lowest BCUT2D eigenvalue weighted by Crippen LogP contribution is -1.83. The van der Waals surface area contributed by atoms with Gasteiger partial charge in [-0.2, -0.15) is 0 Å². The van der Waals surface area contributed by atoms with E-state index < -0.39 is 0 Å². The molecule has 0 bridgehead atoms. The van der Waals surface area contributed by atoms with Crippen LogP contribution in [0, 0.1) is 5.82 Å². The van der Waals surface area contributed by atoms with E-state index in [-0.39, 0.29) is 10.8 Å². The summed E-state index contributed by atoms with van der Waals surface area (Å²) in [6.07, 6.45) is 0. The topological polar surface area (TPSA) is 0 Å². The fourth-order valence-corrected chi connectivity index (χ4v) is 2.05. The molecule has 0 spiro atoms. The summed E-state index contributed by atoms with van der Waals surface area (Å²) in [6, 6.07) is 9.49. The molecule has 0 atom stereocenters. The molecular formula is C12H6Cl3F. The van der Waals surface area contributed by atoms with Gasteiger partial charge in [-0.1, -0.05) is 53.0 Å². The van der Waals surface area contributed by atoms with Gasteiger partial charge in [0.1, 0.15) is 5.82 Å². The zero-order chi connectivity index (χ0) is 11.7. The number of benzene rings is 2. The van der Waals surface area contributed by atoms with Crippen molar-refractivity contribution in [3.05, 3.63) is 57.3 Å². The third-order valence-electron chi connectivity index (χ3n) is 2.17. The highest BCUT2D eigenvalue weighted by Crippen LogP contribution is 2.37. The molecule has 0 aliphatic heterocycles. The molecule has 0 aliphatic rings. The Morgan fingerprint density at radius 1 is 0.875 bits per heavy atom. The minimum absolute atomic E-state index is 0.282. The van der Waals surface area contributed by atoms with Crippen LogP contribution in [0.3, 0.4) is 0 Å². The van der Waals surface area contributed by atoms with Crippen molar-refractivity contribution in [3.63, 3.8) is 0 Å². The Bertz CT molecular complexity index is 538. The van der Waals surface area contributed by atoms with Gasteiger partial charge in [-0.25, -0.2) is 4.39 Å². The summed E-state index contributed by atoms with van der Waals surface area (Å²) in [7, 11) is 0. The van der Waals surface area contributed by atoms with Gasteiger partial charge >= 0.3 is 0 Å². The molecule has 0 aliphatic carbocycles. The summed E-state index contributed by atoms with van der Waals surface area (Å²) in [5.41, 5.74) is 1.33. The summed E-state index contributed by atoms with van der Waals surface area (Å²) in [4.78, 5) is 0. The predicted molar refractivity (Wildman–Crippen MR) is 66.9 cm³/mol. The Balaban J connectivity index is 2.61. The number of hydrogen-bond donors (Lipinski definition) is 0. The van der Waals surface area contributed by atoms with Gasteiger partial charge in [-0.3, -0.25) is 0 Å². The highest BCUT2D eigenvalue weighted by atomic mass is 35.5. The van der Waals surface area contributed by atoms with Gasteiger partial charge < -0.3 is 0 Å². The molecule has 0 amide bonds. The molecule has 16 heavy (non-hydrogen) atoms. The summed E-state index contributed by atoms with van der Waals surface area (Å²) < 4.78 is 13.1. The van der Waals surface area contributed by atoms with E-state index in [1.807, 2.05) is 0 Å². The molecule has 2 aromatic rings. The van der Waals surface area contributed by atoms with Gasteiger partial charge in [0.2, 0.25) is 0 Å². The Morgan fingerprint density at radius 3 is 2.31 bits per heavy atom. The maximum absolute atomic E-state index is 13.1. The SMILES string of the molecule is Fc1cccc(-c2ccc(Cl)c(Cl)c2Cl)c1. The van der Waals surface area contributed by atoms with E-state index in [4.69, 9.17) is 34.8 Å². The monoisotopic (exact) mass is 274 g/mol. The van der Waals surface area contributed by atoms with E-state index in [0.717, 1.165) is 0 Å². The van der Waals surface area contributed by atoms with Gasteiger partial charge in [0.05, 0.1) is 15.1 Å². The van der Waals surface area contributed by atoms with Crippen molar-refractivity contribution in [2.75, 3.05) is 0 Å². The second kappa shape index (κ2) is 4.62. The van der Waals surface area contributed by atoms with E-state index in [1.54, 1.807) is 24.3 Å². The summed E-state index contributed by atoms with van der Waals surface area (Å²) in [5.74, 6) is -0.320. The maximum atomic E-state index is 13.1. The van der Waals surface area contributed by atoms with Crippen LogP contribution in [0.15, 0.2) is 36.4 Å². The van der Waals surface area contributed by atoms with Crippen molar-refractivity contribution in [2.45, 2.75) is 0 Å². The van der Waals surface area contributed by atoms with Crippen LogP contribution in [0.5, 0.6) is 0 Å². The molecule has 0 aromatic heterocycles. The Kier molecular flexibility index (Phi) is 3.38. The highest BCUT2D eigenvalue weighted by molar-refractivity contribution is 6.49. The summed E-state index contributed by atoms with van der Waals surface area (Å²) in [6.45, 7) is 0. The van der Waals surface area contributed by atoms with Crippen LogP contribution in [0.1, 0.15) is 0 Å². The first kappa shape index (κ1) is 11.7. The maximum Gasteiger partial charge on any atom is 0.123 e. The Labute approximate surface area is 108 Å². The zero-order valence-electron chi connectivity index (χ0n) is 7.98. The molecule has 0 heterocycles. The lowest BCUT2D eigenvalue weighted by molar-refractivity contribution is 0.628. The predicted octanol–water partition coefficient (Wildman–Crippen LogP) is 5.45. The first-order valence-corrected chi connectivity index (χ1v) is 5.62. The Morgan fingerprint density at radius 2 is 1.62 bits per heavy atom. The summed E-state index contributed by atoms with van der Waals surface area (Å²) >= 11 is 17.8. The fraction of sp³-hybridized carbons (Fsp3) is 0. The molecule has 0 saturated heterocycles. The second-order valence-electron chi connectivity index (χ2n) is 3.23. The lowest BCUT2D eigenvalue weighted by atomic mass is 10.1. The quantitative estimate of drug-likeness (QED) is 0.607. The summed E-state index contributed by atoms with van der Waals surface area (Å²) in [5, 5.41) is 0.997. The molecule has 0 unspecified atom stereocenters. The van der Waals surface area contributed by atoms with Crippen LogP contribution in [-0.4, -0.2) is 0 Å². The average Bonchev–Trinajstić information content (AvgIpc) is 2.26. The lowest BCUT2D eigenvalue weighted by Gasteiger charge is -2.07. The van der Waals surface area contributed by atoms with Crippen molar-refractivity contribution in [2.24, 2.45) is 0 Å². The average molecular weight is 276 g/mol. The molecule has 82 valence electrons. The van der Waals surface area contributed by atoms with Crippen molar-refractivity contribution in [3.8, 4) is 11.1 Å². The van der Waals surface area contributed by atoms with Crippen LogP contribution in [-0.2, 0) is 0 Å². The van der Waals surface area contributed by atoms with Crippen LogP contribution in [0.4, 0.5) is 4.39 Å². The third-order valence-corrected chi connectivity index (χ3v) is 3.46. The van der Waals surface area contributed by atoms with Crippen molar-refractivity contribution >= 4 is 34.8 Å². The van der Waals surface area contributed by atoms with Crippen molar-refractivity contribution in [1.82, 2.24) is 0 Å². The number of rotatable bonds is 1. The van der Waals surface area contributed by atoms with Crippen molar-refractivity contribution < 1.29 is 4.39 Å². The van der Waals surface area contributed by atoms with Gasteiger partial charge in [-0.05, 0) is 23.8 Å². The Hall–Kier alpha value is -0.760. The molecular weight excluding hydrogens is 269 g/mol. The molecule has 0 fully saturated rings. The van der Waals surface area contributed by atoms with E-state index in [1.165, 1.54) is 12.1 Å². The molecule has 0 N–H and O–H groups in total. The molecule has 0 saturated carbocycles. The second-order valence-corrected chi connectivity index (χ2v) is 4.40. The fourth-order valence-electron chi connectivity index (χ4n) is 1.40. The van der Waals surface area contributed by atoms with Gasteiger partial charge in [0.15, 0.2) is 0 Å². The molecule has 2 rings (SSSR count).